The Labute approximate surface area is 193 Å². The highest BCUT2D eigenvalue weighted by Crippen LogP contribution is 2.30. The summed E-state index contributed by atoms with van der Waals surface area (Å²) in [7, 11) is 0. The molecule has 0 aliphatic carbocycles. The van der Waals surface area contributed by atoms with Crippen LogP contribution in [0.4, 0.5) is 18.9 Å². The van der Waals surface area contributed by atoms with Gasteiger partial charge in [0.2, 0.25) is 5.91 Å². The molecular weight excluding hydrogens is 481 g/mol. The summed E-state index contributed by atoms with van der Waals surface area (Å²) >= 11 is 7.28. The van der Waals surface area contributed by atoms with Crippen molar-refractivity contribution < 1.29 is 22.7 Å². The topological polar surface area (TPSA) is 86.1 Å². The SMILES string of the molecule is Cc1nc2c(=O)n(CC(=O)Nc3ccc(OC(F)(F)F)cc3)nc(-c3ccc(Cl)cc3)c2s1. The zero-order valence-corrected chi connectivity index (χ0v) is 18.4. The van der Waals surface area contributed by atoms with Gasteiger partial charge in [-0.1, -0.05) is 23.7 Å². The number of ether oxygens (including phenoxy) is 1. The Morgan fingerprint density at radius 3 is 2.45 bits per heavy atom. The lowest BCUT2D eigenvalue weighted by molar-refractivity contribution is -0.274. The summed E-state index contributed by atoms with van der Waals surface area (Å²) in [5.74, 6) is -1.02. The van der Waals surface area contributed by atoms with Crippen LogP contribution in [0.5, 0.6) is 5.75 Å². The van der Waals surface area contributed by atoms with Gasteiger partial charge in [0.25, 0.3) is 5.56 Å². The Hall–Kier alpha value is -3.44. The number of nitrogens with one attached hydrogen (secondary N) is 1. The molecule has 2 aromatic carbocycles. The van der Waals surface area contributed by atoms with Crippen molar-refractivity contribution >= 4 is 44.7 Å². The standard InChI is InChI=1S/C21H14ClF3N4O3S/c1-11-26-18-19(33-11)17(12-2-4-13(22)5-3-12)28-29(20(18)31)10-16(30)27-14-6-8-15(9-7-14)32-21(23,24)25/h2-9H,10H2,1H3,(H,27,30). The Morgan fingerprint density at radius 1 is 1.15 bits per heavy atom. The number of benzene rings is 2. The van der Waals surface area contributed by atoms with E-state index in [1.54, 1.807) is 31.2 Å². The Balaban J connectivity index is 1.60. The van der Waals surface area contributed by atoms with E-state index in [0.717, 1.165) is 16.8 Å². The molecule has 0 fully saturated rings. The fourth-order valence-corrected chi connectivity index (χ4v) is 4.09. The van der Waals surface area contributed by atoms with Gasteiger partial charge in [-0.3, -0.25) is 9.59 Å². The number of fused-ring (bicyclic) bond motifs is 1. The van der Waals surface area contributed by atoms with Crippen molar-refractivity contribution in [2.24, 2.45) is 0 Å². The number of nitrogens with zero attached hydrogens (tertiary/aromatic N) is 3. The molecule has 4 rings (SSSR count). The zero-order chi connectivity index (χ0) is 23.8. The van der Waals surface area contributed by atoms with Crippen molar-refractivity contribution in [3.8, 4) is 17.0 Å². The lowest BCUT2D eigenvalue weighted by Crippen LogP contribution is -2.30. The van der Waals surface area contributed by atoms with Gasteiger partial charge < -0.3 is 10.1 Å². The molecule has 12 heteroatoms. The van der Waals surface area contributed by atoms with E-state index >= 15 is 0 Å². The monoisotopic (exact) mass is 494 g/mol. The third-order valence-corrected chi connectivity index (χ3v) is 5.62. The van der Waals surface area contributed by atoms with Gasteiger partial charge >= 0.3 is 6.36 Å². The van der Waals surface area contributed by atoms with Gasteiger partial charge in [-0.15, -0.1) is 24.5 Å². The van der Waals surface area contributed by atoms with Gasteiger partial charge in [-0.25, -0.2) is 9.67 Å². The third kappa shape index (κ3) is 5.32. The van der Waals surface area contributed by atoms with E-state index in [0.29, 0.717) is 26.0 Å². The molecule has 0 bridgehead atoms. The molecule has 33 heavy (non-hydrogen) atoms. The Morgan fingerprint density at radius 2 is 1.82 bits per heavy atom. The van der Waals surface area contributed by atoms with Crippen molar-refractivity contribution in [2.45, 2.75) is 19.8 Å². The van der Waals surface area contributed by atoms with Gasteiger partial charge in [-0.05, 0) is 43.3 Å². The van der Waals surface area contributed by atoms with E-state index in [4.69, 9.17) is 11.6 Å². The number of amides is 1. The molecule has 0 aliphatic heterocycles. The average molecular weight is 495 g/mol. The number of thiazole rings is 1. The van der Waals surface area contributed by atoms with Crippen molar-refractivity contribution in [3.63, 3.8) is 0 Å². The second-order valence-corrected chi connectivity index (χ2v) is 8.49. The number of halogens is 4. The smallest absolute Gasteiger partial charge is 0.406 e. The van der Waals surface area contributed by atoms with Crippen molar-refractivity contribution in [3.05, 3.63) is 68.9 Å². The van der Waals surface area contributed by atoms with E-state index in [-0.39, 0.29) is 11.2 Å². The lowest BCUT2D eigenvalue weighted by Gasteiger charge is -2.11. The largest absolute Gasteiger partial charge is 0.573 e. The third-order valence-electron chi connectivity index (χ3n) is 4.39. The minimum atomic E-state index is -4.81. The summed E-state index contributed by atoms with van der Waals surface area (Å²) in [4.78, 5) is 29.7. The molecule has 4 aromatic rings. The van der Waals surface area contributed by atoms with Gasteiger partial charge in [0.15, 0.2) is 5.52 Å². The lowest BCUT2D eigenvalue weighted by atomic mass is 10.1. The van der Waals surface area contributed by atoms with Crippen LogP contribution in [0.2, 0.25) is 5.02 Å². The molecule has 2 aromatic heterocycles. The second kappa shape index (κ2) is 8.83. The molecule has 0 saturated heterocycles. The summed E-state index contributed by atoms with van der Waals surface area (Å²) in [6.07, 6.45) is -4.81. The number of hydrogen-bond acceptors (Lipinski definition) is 6. The minimum absolute atomic E-state index is 0.193. The molecular formula is C21H14ClF3N4O3S. The highest BCUT2D eigenvalue weighted by Gasteiger charge is 2.31. The van der Waals surface area contributed by atoms with Crippen molar-refractivity contribution in [1.82, 2.24) is 14.8 Å². The molecule has 0 unspecified atom stereocenters. The fraction of sp³-hybridized carbons (Fsp3) is 0.143. The maximum Gasteiger partial charge on any atom is 0.573 e. The maximum absolute atomic E-state index is 12.9. The number of anilines is 1. The normalized spacial score (nSPS) is 11.5. The van der Waals surface area contributed by atoms with Gasteiger partial charge in [0.05, 0.1) is 9.71 Å². The van der Waals surface area contributed by atoms with Gasteiger partial charge in [-0.2, -0.15) is 5.10 Å². The maximum atomic E-state index is 12.9. The van der Waals surface area contributed by atoms with Gasteiger partial charge in [0.1, 0.15) is 18.0 Å². The average Bonchev–Trinajstić information content (AvgIpc) is 3.13. The molecule has 170 valence electrons. The first-order chi connectivity index (χ1) is 15.6. The number of rotatable bonds is 5. The van der Waals surface area contributed by atoms with Crippen LogP contribution < -0.4 is 15.6 Å². The number of hydrogen-bond donors (Lipinski definition) is 1. The number of carbonyl (C=O) groups is 1. The number of alkyl halides is 3. The highest BCUT2D eigenvalue weighted by molar-refractivity contribution is 7.19. The van der Waals surface area contributed by atoms with Gasteiger partial charge in [0, 0.05) is 16.3 Å². The van der Waals surface area contributed by atoms with Crippen LogP contribution >= 0.6 is 22.9 Å². The number of aryl methyl sites for hydroxylation is 1. The highest BCUT2D eigenvalue weighted by atomic mass is 35.5. The van der Waals surface area contributed by atoms with Crippen molar-refractivity contribution in [1.29, 1.82) is 0 Å². The Bertz CT molecular complexity index is 1380. The Kier molecular flexibility index (Phi) is 6.09. The van der Waals surface area contributed by atoms with E-state index in [1.165, 1.54) is 23.5 Å². The molecule has 0 saturated carbocycles. The molecule has 2 heterocycles. The molecule has 0 spiro atoms. The molecule has 0 aliphatic rings. The van der Waals surface area contributed by atoms with Crippen LogP contribution in [0.1, 0.15) is 5.01 Å². The predicted molar refractivity (Wildman–Crippen MR) is 119 cm³/mol. The first kappa shape index (κ1) is 22.7. The first-order valence-corrected chi connectivity index (χ1v) is 10.6. The minimum Gasteiger partial charge on any atom is -0.406 e. The molecule has 1 amide bonds. The molecule has 7 nitrogen and oxygen atoms in total. The fourth-order valence-electron chi connectivity index (χ4n) is 3.05. The zero-order valence-electron chi connectivity index (χ0n) is 16.8. The van der Waals surface area contributed by atoms with Crippen molar-refractivity contribution in [2.75, 3.05) is 5.32 Å². The summed E-state index contributed by atoms with van der Waals surface area (Å²) in [5, 5.41) is 8.10. The van der Waals surface area contributed by atoms with Crippen LogP contribution in [-0.2, 0) is 11.3 Å². The van der Waals surface area contributed by atoms with Crippen LogP contribution in [-0.4, -0.2) is 27.0 Å². The number of aromatic nitrogens is 3. The summed E-state index contributed by atoms with van der Waals surface area (Å²) < 4.78 is 42.2. The molecule has 1 N–H and O–H groups in total. The quantitative estimate of drug-likeness (QED) is 0.421. The van der Waals surface area contributed by atoms with Crippen LogP contribution in [0.15, 0.2) is 53.3 Å². The van der Waals surface area contributed by atoms with E-state index in [9.17, 15) is 22.8 Å². The molecule has 0 radical (unpaired) electrons. The second-order valence-electron chi connectivity index (χ2n) is 6.85. The summed E-state index contributed by atoms with van der Waals surface area (Å²) in [6.45, 7) is 1.34. The van der Waals surface area contributed by atoms with Crippen LogP contribution in [0.3, 0.4) is 0 Å². The summed E-state index contributed by atoms with van der Waals surface area (Å²) in [6, 6.07) is 11.5. The predicted octanol–water partition coefficient (Wildman–Crippen LogP) is 5.02. The van der Waals surface area contributed by atoms with E-state index in [1.807, 2.05) is 0 Å². The summed E-state index contributed by atoms with van der Waals surface area (Å²) in [5.41, 5.74) is 1.07. The van der Waals surface area contributed by atoms with E-state index < -0.39 is 30.1 Å². The first-order valence-electron chi connectivity index (χ1n) is 9.39. The van der Waals surface area contributed by atoms with Crippen LogP contribution in [0, 0.1) is 6.92 Å². The van der Waals surface area contributed by atoms with Crippen LogP contribution in [0.25, 0.3) is 21.5 Å². The number of carbonyl (C=O) groups excluding carboxylic acids is 1. The molecule has 0 atom stereocenters. The van der Waals surface area contributed by atoms with E-state index in [2.05, 4.69) is 20.1 Å².